The molecule has 0 radical (unpaired) electrons. The largest absolute Gasteiger partial charge is 0.507 e. The Morgan fingerprint density at radius 2 is 2.06 bits per heavy atom. The van der Waals surface area contributed by atoms with Gasteiger partial charge in [0.2, 0.25) is 0 Å². The lowest BCUT2D eigenvalue weighted by atomic mass is 10.0. The summed E-state index contributed by atoms with van der Waals surface area (Å²) >= 11 is 0. The molecule has 0 saturated heterocycles. The molecule has 1 saturated carbocycles. The highest BCUT2D eigenvalue weighted by Crippen LogP contribution is 2.36. The first-order valence-electron chi connectivity index (χ1n) is 11.1. The molecule has 0 unspecified atom stereocenters. The number of anilines is 1. The highest BCUT2D eigenvalue weighted by Gasteiger charge is 2.32. The molecule has 1 fully saturated rings. The number of phenolic OH excluding ortho intramolecular Hbond substituents is 1. The van der Waals surface area contributed by atoms with Crippen LogP contribution in [0.2, 0.25) is 0 Å². The van der Waals surface area contributed by atoms with Crippen molar-refractivity contribution >= 4 is 24.1 Å². The Bertz CT molecular complexity index is 1050. The van der Waals surface area contributed by atoms with Crippen LogP contribution in [0.3, 0.4) is 0 Å². The number of nitrogens with zero attached hydrogens (tertiary/aromatic N) is 2. The molecule has 190 valence electrons. The van der Waals surface area contributed by atoms with Gasteiger partial charge in [-0.1, -0.05) is 0 Å². The van der Waals surface area contributed by atoms with E-state index >= 15 is 0 Å². The second-order valence-electron chi connectivity index (χ2n) is 8.34. The van der Waals surface area contributed by atoms with Crippen molar-refractivity contribution in [3.63, 3.8) is 0 Å². The first-order valence-corrected chi connectivity index (χ1v) is 11.1. The number of carbonyl (C=O) groups excluding carboxylic acids is 3. The number of hydrogen-bond acceptors (Lipinski definition) is 9. The minimum atomic E-state index is -0.521. The number of carbonyl (C=O) groups is 3. The molecule has 2 amide bonds. The molecule has 0 bridgehead atoms. The average molecular weight is 491 g/mol. The molecule has 1 aliphatic rings. The van der Waals surface area contributed by atoms with Crippen LogP contribution in [0, 0.1) is 0 Å². The monoisotopic (exact) mass is 490 g/mol. The van der Waals surface area contributed by atoms with Gasteiger partial charge in [-0.05, 0) is 33.1 Å². The van der Waals surface area contributed by atoms with Crippen LogP contribution in [0.4, 0.5) is 10.6 Å². The van der Waals surface area contributed by atoms with Gasteiger partial charge in [-0.15, -0.1) is 0 Å². The summed E-state index contributed by atoms with van der Waals surface area (Å²) < 4.78 is 16.0. The second-order valence-corrected chi connectivity index (χ2v) is 8.34. The molecular formula is C23H30N4O8. The fourth-order valence-electron chi connectivity index (χ4n) is 3.90. The maximum Gasteiger partial charge on any atom is 0.434 e. The van der Waals surface area contributed by atoms with Crippen LogP contribution in [-0.4, -0.2) is 71.6 Å². The van der Waals surface area contributed by atoms with Gasteiger partial charge in [0.25, 0.3) is 5.91 Å². The summed E-state index contributed by atoms with van der Waals surface area (Å²) in [6.07, 6.45) is 1.78. The summed E-state index contributed by atoms with van der Waals surface area (Å²) in [6, 6.07) is 4.25. The molecule has 12 nitrogen and oxygen atoms in total. The van der Waals surface area contributed by atoms with Crippen LogP contribution < -0.4 is 14.8 Å². The zero-order valence-electron chi connectivity index (χ0n) is 20.1. The van der Waals surface area contributed by atoms with E-state index < -0.39 is 18.6 Å². The first kappa shape index (κ1) is 25.8. The summed E-state index contributed by atoms with van der Waals surface area (Å²) in [7, 11) is 2.82. The molecule has 1 aromatic heterocycles. The number of hydrogen-bond donors (Lipinski definition) is 3. The lowest BCUT2D eigenvalue weighted by molar-refractivity contribution is -0.134. The van der Waals surface area contributed by atoms with Crippen LogP contribution >= 0.6 is 0 Å². The molecule has 0 spiro atoms. The van der Waals surface area contributed by atoms with Crippen molar-refractivity contribution in [1.29, 1.82) is 0 Å². The van der Waals surface area contributed by atoms with E-state index in [1.54, 1.807) is 6.07 Å². The lowest BCUT2D eigenvalue weighted by Crippen LogP contribution is -2.38. The number of ether oxygens (including phenoxy) is 3. The number of methoxy groups -OCH3 is 1. The van der Waals surface area contributed by atoms with Gasteiger partial charge in [-0.2, -0.15) is 10.2 Å². The third-order valence-corrected chi connectivity index (χ3v) is 5.61. The number of aromatic hydroxyl groups is 1. The molecule has 1 heterocycles. The van der Waals surface area contributed by atoms with Crippen LogP contribution in [0.15, 0.2) is 18.2 Å². The van der Waals surface area contributed by atoms with E-state index in [1.165, 1.54) is 31.4 Å². The fraction of sp³-hybridized carbons (Fsp3) is 0.478. The van der Waals surface area contributed by atoms with Gasteiger partial charge < -0.3 is 24.6 Å². The second kappa shape index (κ2) is 11.6. The summed E-state index contributed by atoms with van der Waals surface area (Å²) in [6.45, 7) is 3.24. The summed E-state index contributed by atoms with van der Waals surface area (Å²) in [5.41, 5.74) is 0.729. The summed E-state index contributed by atoms with van der Waals surface area (Å²) in [5, 5.41) is 20.7. The van der Waals surface area contributed by atoms with E-state index in [1.807, 2.05) is 13.8 Å². The van der Waals surface area contributed by atoms with Crippen molar-refractivity contribution < 1.29 is 38.5 Å². The quantitative estimate of drug-likeness (QED) is 0.337. The molecular weight excluding hydrogens is 460 g/mol. The molecule has 35 heavy (non-hydrogen) atoms. The van der Waals surface area contributed by atoms with Gasteiger partial charge in [0, 0.05) is 29.8 Å². The Balaban J connectivity index is 1.53. The third kappa shape index (κ3) is 6.41. The van der Waals surface area contributed by atoms with Crippen LogP contribution in [0.1, 0.15) is 55.1 Å². The minimum absolute atomic E-state index is 0.0192. The molecule has 2 aromatic rings. The molecule has 12 heteroatoms. The molecule has 1 aliphatic carbocycles. The van der Waals surface area contributed by atoms with Crippen molar-refractivity contribution in [2.75, 3.05) is 26.1 Å². The Kier molecular flexibility index (Phi) is 8.53. The molecule has 2 atom stereocenters. The highest BCUT2D eigenvalue weighted by molar-refractivity contribution is 5.91. The number of amides is 2. The molecule has 3 rings (SSSR count). The molecule has 0 aliphatic heterocycles. The standard InChI is InChI=1S/C23H30N4O8/c1-13(2)27(33-4)23(31)35-15-6-5-14(7-15)18-10-21(26-25-18)24-22(30)12-34-20-9-16(32-3)8-19(29)17(20)11-28/h8-11,13-15,29H,5-7,12H2,1-4H3,(H2,24,25,26,30)/t14-,15+/m0/s1. The van der Waals surface area contributed by atoms with E-state index in [-0.39, 0.29) is 40.9 Å². The van der Waals surface area contributed by atoms with E-state index in [4.69, 9.17) is 19.0 Å². The van der Waals surface area contributed by atoms with E-state index in [0.29, 0.717) is 24.9 Å². The van der Waals surface area contributed by atoms with Gasteiger partial charge >= 0.3 is 6.09 Å². The van der Waals surface area contributed by atoms with Crippen molar-refractivity contribution in [1.82, 2.24) is 15.3 Å². The van der Waals surface area contributed by atoms with E-state index in [9.17, 15) is 19.5 Å². The minimum Gasteiger partial charge on any atom is -0.507 e. The summed E-state index contributed by atoms with van der Waals surface area (Å²) in [5.74, 6) is -0.123. The van der Waals surface area contributed by atoms with Crippen molar-refractivity contribution in [2.45, 2.75) is 51.2 Å². The normalized spacial score (nSPS) is 17.2. The number of rotatable bonds is 10. The highest BCUT2D eigenvalue weighted by atomic mass is 16.7. The number of aromatic nitrogens is 2. The smallest absolute Gasteiger partial charge is 0.434 e. The van der Waals surface area contributed by atoms with E-state index in [2.05, 4.69) is 15.5 Å². The predicted octanol–water partition coefficient (Wildman–Crippen LogP) is 3.00. The Morgan fingerprint density at radius 3 is 2.71 bits per heavy atom. The van der Waals surface area contributed by atoms with Crippen molar-refractivity contribution in [2.24, 2.45) is 0 Å². The Morgan fingerprint density at radius 1 is 1.29 bits per heavy atom. The predicted molar refractivity (Wildman–Crippen MR) is 124 cm³/mol. The number of aromatic amines is 1. The fourth-order valence-corrected chi connectivity index (χ4v) is 3.90. The Labute approximate surface area is 202 Å². The SMILES string of the molecule is COc1cc(O)c(C=O)c(OCC(=O)Nc2cc([C@H]3CC[C@@H](OC(=O)N(OC)C(C)C)C3)[nH]n2)c1. The zero-order valence-corrected chi connectivity index (χ0v) is 20.1. The number of H-pyrrole nitrogens is 1. The summed E-state index contributed by atoms with van der Waals surface area (Å²) in [4.78, 5) is 40.9. The number of hydroxylamine groups is 2. The number of nitrogens with one attached hydrogen (secondary N) is 2. The topological polar surface area (TPSA) is 152 Å². The van der Waals surface area contributed by atoms with Crippen LogP contribution in [0.25, 0.3) is 0 Å². The van der Waals surface area contributed by atoms with Crippen molar-refractivity contribution in [3.05, 3.63) is 29.5 Å². The molecule has 1 aromatic carbocycles. The Hall–Kier alpha value is -3.80. The molecule has 3 N–H and O–H groups in total. The lowest BCUT2D eigenvalue weighted by Gasteiger charge is -2.24. The van der Waals surface area contributed by atoms with Gasteiger partial charge in [0.15, 0.2) is 18.7 Å². The maximum absolute atomic E-state index is 12.3. The van der Waals surface area contributed by atoms with Crippen molar-refractivity contribution in [3.8, 4) is 17.2 Å². The van der Waals surface area contributed by atoms with Gasteiger partial charge in [0.1, 0.15) is 23.4 Å². The number of phenols is 1. The van der Waals surface area contributed by atoms with Crippen LogP contribution in [0.5, 0.6) is 17.2 Å². The number of benzene rings is 1. The van der Waals surface area contributed by atoms with E-state index in [0.717, 1.165) is 12.1 Å². The first-order chi connectivity index (χ1) is 16.7. The van der Waals surface area contributed by atoms with Gasteiger partial charge in [-0.3, -0.25) is 19.5 Å². The van der Waals surface area contributed by atoms with Crippen LogP contribution in [-0.2, 0) is 14.4 Å². The third-order valence-electron chi connectivity index (χ3n) is 5.61. The average Bonchev–Trinajstić information content (AvgIpc) is 3.47. The zero-order chi connectivity index (χ0) is 25.5. The number of aldehydes is 1. The van der Waals surface area contributed by atoms with Gasteiger partial charge in [-0.25, -0.2) is 4.79 Å². The maximum atomic E-state index is 12.3. The van der Waals surface area contributed by atoms with Gasteiger partial charge in [0.05, 0.1) is 25.8 Å².